The van der Waals surface area contributed by atoms with Gasteiger partial charge in [0, 0.05) is 31.3 Å². The summed E-state index contributed by atoms with van der Waals surface area (Å²) in [7, 11) is -3.56. The normalized spacial score (nSPS) is 10.8. The van der Waals surface area contributed by atoms with E-state index in [9.17, 15) is 18.0 Å². The minimum absolute atomic E-state index is 0.00934. The largest absolute Gasteiger partial charge is 0.326 e. The zero-order valence-electron chi connectivity index (χ0n) is 14.6. The van der Waals surface area contributed by atoms with Gasteiger partial charge in [-0.3, -0.25) is 13.9 Å². The highest BCUT2D eigenvalue weighted by molar-refractivity contribution is 7.92. The summed E-state index contributed by atoms with van der Waals surface area (Å²) in [6.07, 6.45) is 1.10. The Hall–Kier alpha value is -2.87. The number of carbonyl (C=O) groups excluding carboxylic acids is 2. The molecule has 26 heavy (non-hydrogen) atoms. The van der Waals surface area contributed by atoms with Gasteiger partial charge in [-0.25, -0.2) is 8.42 Å². The van der Waals surface area contributed by atoms with E-state index in [1.165, 1.54) is 6.92 Å². The van der Waals surface area contributed by atoms with Crippen molar-refractivity contribution in [1.82, 2.24) is 0 Å². The maximum Gasteiger partial charge on any atom is 0.232 e. The highest BCUT2D eigenvalue weighted by atomic mass is 32.2. The van der Waals surface area contributed by atoms with E-state index in [4.69, 9.17) is 0 Å². The highest BCUT2D eigenvalue weighted by Crippen LogP contribution is 2.21. The predicted molar refractivity (Wildman–Crippen MR) is 103 cm³/mol. The number of hydrogen-bond donors (Lipinski definition) is 2. The first-order chi connectivity index (χ1) is 12.3. The van der Waals surface area contributed by atoms with Crippen LogP contribution in [-0.2, 0) is 19.6 Å². The van der Waals surface area contributed by atoms with E-state index in [0.717, 1.165) is 10.6 Å². The molecule has 0 heterocycles. The van der Waals surface area contributed by atoms with Crippen LogP contribution in [0.4, 0.5) is 17.1 Å². The Bertz CT molecular complexity index is 865. The maximum absolute atomic E-state index is 12.1. The third-order valence-corrected chi connectivity index (χ3v) is 4.67. The van der Waals surface area contributed by atoms with Crippen LogP contribution in [0.2, 0.25) is 0 Å². The number of para-hydroxylation sites is 1. The van der Waals surface area contributed by atoms with Crippen LogP contribution < -0.4 is 14.9 Å². The Kier molecular flexibility index (Phi) is 6.35. The molecule has 0 fully saturated rings. The summed E-state index contributed by atoms with van der Waals surface area (Å²) in [4.78, 5) is 23.1. The zero-order valence-corrected chi connectivity index (χ0v) is 15.4. The third kappa shape index (κ3) is 5.89. The molecule has 0 radical (unpaired) electrons. The van der Waals surface area contributed by atoms with Crippen molar-refractivity contribution in [3.8, 4) is 0 Å². The predicted octanol–water partition coefficient (Wildman–Crippen LogP) is 2.44. The number of amides is 2. The summed E-state index contributed by atoms with van der Waals surface area (Å²) in [6.45, 7) is 1.40. The fourth-order valence-electron chi connectivity index (χ4n) is 2.35. The topological polar surface area (TPSA) is 95.6 Å². The first kappa shape index (κ1) is 19.5. The van der Waals surface area contributed by atoms with Gasteiger partial charge in [0.25, 0.3) is 0 Å². The lowest BCUT2D eigenvalue weighted by molar-refractivity contribution is -0.116. The van der Waals surface area contributed by atoms with Gasteiger partial charge in [-0.2, -0.15) is 0 Å². The van der Waals surface area contributed by atoms with Crippen molar-refractivity contribution in [2.45, 2.75) is 13.3 Å². The molecule has 0 aliphatic heterocycles. The number of sulfonamides is 1. The molecule has 0 saturated heterocycles. The van der Waals surface area contributed by atoms with E-state index in [-0.39, 0.29) is 24.8 Å². The fraction of sp³-hybridized carbons (Fsp3) is 0.222. The fourth-order valence-corrected chi connectivity index (χ4v) is 3.28. The Morgan fingerprint density at radius 1 is 0.923 bits per heavy atom. The average molecular weight is 375 g/mol. The summed E-state index contributed by atoms with van der Waals surface area (Å²) < 4.78 is 25.3. The lowest BCUT2D eigenvalue weighted by atomic mass is 10.2. The SMILES string of the molecule is CC(=O)Nc1ccc(N(CCC(=O)Nc2ccccc2)S(C)(=O)=O)cc1. The van der Waals surface area contributed by atoms with Gasteiger partial charge in [0.15, 0.2) is 0 Å². The molecule has 2 N–H and O–H groups in total. The average Bonchev–Trinajstić information content (AvgIpc) is 2.55. The molecule has 0 spiro atoms. The number of nitrogens with one attached hydrogen (secondary N) is 2. The molecule has 8 heteroatoms. The van der Waals surface area contributed by atoms with Crippen LogP contribution in [0.1, 0.15) is 13.3 Å². The molecule has 0 saturated carbocycles. The van der Waals surface area contributed by atoms with Gasteiger partial charge in [0.1, 0.15) is 0 Å². The Balaban J connectivity index is 2.06. The number of hydrogen-bond acceptors (Lipinski definition) is 4. The van der Waals surface area contributed by atoms with Crippen LogP contribution >= 0.6 is 0 Å². The second kappa shape index (κ2) is 8.48. The Morgan fingerprint density at radius 2 is 1.50 bits per heavy atom. The Labute approximate surface area is 153 Å². The monoisotopic (exact) mass is 375 g/mol. The van der Waals surface area contributed by atoms with E-state index >= 15 is 0 Å². The van der Waals surface area contributed by atoms with E-state index in [1.807, 2.05) is 6.07 Å². The molecular weight excluding hydrogens is 354 g/mol. The van der Waals surface area contributed by atoms with Gasteiger partial charge >= 0.3 is 0 Å². The van der Waals surface area contributed by atoms with Gasteiger partial charge in [-0.1, -0.05) is 18.2 Å². The molecule has 0 bridgehead atoms. The smallest absolute Gasteiger partial charge is 0.232 e. The van der Waals surface area contributed by atoms with Crippen LogP contribution in [0.5, 0.6) is 0 Å². The molecule has 2 amide bonds. The Morgan fingerprint density at radius 3 is 2.04 bits per heavy atom. The molecule has 2 aromatic rings. The van der Waals surface area contributed by atoms with Gasteiger partial charge in [-0.05, 0) is 36.4 Å². The lowest BCUT2D eigenvalue weighted by Gasteiger charge is -2.22. The van der Waals surface area contributed by atoms with E-state index in [2.05, 4.69) is 10.6 Å². The minimum atomic E-state index is -3.56. The summed E-state index contributed by atoms with van der Waals surface area (Å²) in [5.41, 5.74) is 1.65. The van der Waals surface area contributed by atoms with Crippen molar-refractivity contribution in [2.75, 3.05) is 27.7 Å². The molecule has 138 valence electrons. The van der Waals surface area contributed by atoms with Crippen molar-refractivity contribution < 1.29 is 18.0 Å². The maximum atomic E-state index is 12.1. The molecule has 0 atom stereocenters. The van der Waals surface area contributed by atoms with E-state index in [1.54, 1.807) is 48.5 Å². The second-order valence-electron chi connectivity index (χ2n) is 5.73. The van der Waals surface area contributed by atoms with Crippen LogP contribution in [0.15, 0.2) is 54.6 Å². The van der Waals surface area contributed by atoms with Gasteiger partial charge < -0.3 is 10.6 Å². The molecule has 0 aliphatic rings. The van der Waals surface area contributed by atoms with E-state index in [0.29, 0.717) is 17.1 Å². The second-order valence-corrected chi connectivity index (χ2v) is 7.63. The molecule has 7 nitrogen and oxygen atoms in total. The summed E-state index contributed by atoms with van der Waals surface area (Å²) >= 11 is 0. The number of benzene rings is 2. The van der Waals surface area contributed by atoms with Crippen molar-refractivity contribution >= 4 is 38.9 Å². The van der Waals surface area contributed by atoms with Crippen molar-refractivity contribution in [2.24, 2.45) is 0 Å². The first-order valence-corrected chi connectivity index (χ1v) is 9.81. The van der Waals surface area contributed by atoms with Crippen molar-refractivity contribution in [1.29, 1.82) is 0 Å². The van der Waals surface area contributed by atoms with Crippen LogP contribution in [-0.4, -0.2) is 33.0 Å². The number of anilines is 3. The molecular formula is C18H21N3O4S. The van der Waals surface area contributed by atoms with Crippen LogP contribution in [0.25, 0.3) is 0 Å². The van der Waals surface area contributed by atoms with E-state index < -0.39 is 10.0 Å². The minimum Gasteiger partial charge on any atom is -0.326 e. The van der Waals surface area contributed by atoms with Crippen LogP contribution in [0, 0.1) is 0 Å². The number of carbonyl (C=O) groups is 2. The quantitative estimate of drug-likeness (QED) is 0.777. The van der Waals surface area contributed by atoms with Crippen LogP contribution in [0.3, 0.4) is 0 Å². The molecule has 0 unspecified atom stereocenters. The van der Waals surface area contributed by atoms with Crippen molar-refractivity contribution in [3.05, 3.63) is 54.6 Å². The summed E-state index contributed by atoms with van der Waals surface area (Å²) in [5.74, 6) is -0.491. The third-order valence-electron chi connectivity index (χ3n) is 3.48. The lowest BCUT2D eigenvalue weighted by Crippen LogP contribution is -2.33. The summed E-state index contributed by atoms with van der Waals surface area (Å²) in [6, 6.07) is 15.3. The van der Waals surface area contributed by atoms with Gasteiger partial charge in [0.2, 0.25) is 21.8 Å². The highest BCUT2D eigenvalue weighted by Gasteiger charge is 2.18. The van der Waals surface area contributed by atoms with Crippen molar-refractivity contribution in [3.63, 3.8) is 0 Å². The molecule has 0 aromatic heterocycles. The summed E-state index contributed by atoms with van der Waals surface area (Å²) in [5, 5.41) is 5.34. The standard InChI is InChI=1S/C18H21N3O4S/c1-14(22)19-16-8-10-17(11-9-16)21(26(2,24)25)13-12-18(23)20-15-6-4-3-5-7-15/h3-11H,12-13H2,1-2H3,(H,19,22)(H,20,23). The van der Waals surface area contributed by atoms with Gasteiger partial charge in [-0.15, -0.1) is 0 Å². The molecule has 0 aliphatic carbocycles. The zero-order chi connectivity index (χ0) is 19.2. The number of rotatable bonds is 7. The molecule has 2 rings (SSSR count). The van der Waals surface area contributed by atoms with Gasteiger partial charge in [0.05, 0.1) is 11.9 Å². The molecule has 2 aromatic carbocycles. The number of nitrogens with zero attached hydrogens (tertiary/aromatic N) is 1. The first-order valence-electron chi connectivity index (χ1n) is 7.96.